The van der Waals surface area contributed by atoms with E-state index in [0.717, 1.165) is 18.4 Å². The number of nitrogens with zero attached hydrogens (tertiary/aromatic N) is 2. The van der Waals surface area contributed by atoms with Crippen LogP contribution in [0.1, 0.15) is 35.7 Å². The molecule has 0 aromatic heterocycles. The fraction of sp³-hybridized carbons (Fsp3) is 0.242. The van der Waals surface area contributed by atoms with Crippen LogP contribution in [0, 0.1) is 0 Å². The third kappa shape index (κ3) is 5.95. The topological polar surface area (TPSA) is 125 Å². The molecule has 4 aromatic rings. The number of carbonyl (C=O) groups excluding carboxylic acids is 1. The minimum absolute atomic E-state index is 0.00567. The number of ether oxygens (including phenoxy) is 1. The summed E-state index contributed by atoms with van der Waals surface area (Å²) < 4.78 is 64.4. The van der Waals surface area contributed by atoms with Crippen LogP contribution in [0.5, 0.6) is 5.75 Å². The molecule has 234 valence electrons. The first kappa shape index (κ1) is 30.5. The lowest BCUT2D eigenvalue weighted by Crippen LogP contribution is -2.35. The molecule has 45 heavy (non-hydrogen) atoms. The summed E-state index contributed by atoms with van der Waals surface area (Å²) in [6.45, 7) is 3.28. The molecule has 0 saturated carbocycles. The Morgan fingerprint density at radius 3 is 2.36 bits per heavy atom. The van der Waals surface area contributed by atoms with Gasteiger partial charge < -0.3 is 15.0 Å². The number of para-hydroxylation sites is 3. The quantitative estimate of drug-likeness (QED) is 0.247. The minimum Gasteiger partial charge on any atom is -0.495 e. The number of nitrogens with one attached hydrogen (secondary N) is 2. The first-order valence-electron chi connectivity index (χ1n) is 14.7. The number of hydrogen-bond acceptors (Lipinski definition) is 7. The molecule has 6 rings (SSSR count). The fourth-order valence-electron chi connectivity index (χ4n) is 5.97. The van der Waals surface area contributed by atoms with E-state index in [4.69, 9.17) is 4.74 Å². The highest BCUT2D eigenvalue weighted by atomic mass is 32.2. The van der Waals surface area contributed by atoms with Crippen molar-refractivity contribution in [3.05, 3.63) is 102 Å². The number of sulfonamides is 2. The number of hydrogen-bond donors (Lipinski definition) is 2. The van der Waals surface area contributed by atoms with Crippen LogP contribution < -0.4 is 24.0 Å². The lowest BCUT2D eigenvalue weighted by atomic mass is 10.1. The van der Waals surface area contributed by atoms with E-state index in [2.05, 4.69) is 10.0 Å². The molecule has 2 aliphatic heterocycles. The Labute approximate surface area is 263 Å². The summed E-state index contributed by atoms with van der Waals surface area (Å²) in [5.41, 5.74) is 2.77. The van der Waals surface area contributed by atoms with Crippen molar-refractivity contribution < 1.29 is 26.4 Å². The van der Waals surface area contributed by atoms with E-state index in [1.807, 2.05) is 24.0 Å². The number of amides is 1. The van der Waals surface area contributed by atoms with E-state index in [0.29, 0.717) is 36.6 Å². The van der Waals surface area contributed by atoms with E-state index >= 15 is 0 Å². The van der Waals surface area contributed by atoms with E-state index in [1.165, 1.54) is 41.7 Å². The SMILES string of the molecule is COc1ccccc1NS(=O)(=O)c1cc(NC(=O)c2cccc(S(=O)(=O)N3c4ccccc4C[C@H]3C)c2)ccc1N1CCCC1. The van der Waals surface area contributed by atoms with Crippen LogP contribution >= 0.6 is 0 Å². The van der Waals surface area contributed by atoms with Gasteiger partial charge in [0.25, 0.3) is 26.0 Å². The average molecular weight is 647 g/mol. The molecule has 1 saturated heterocycles. The van der Waals surface area contributed by atoms with Crippen molar-refractivity contribution in [3.63, 3.8) is 0 Å². The van der Waals surface area contributed by atoms with Crippen molar-refractivity contribution in [1.82, 2.24) is 0 Å². The molecule has 0 aliphatic carbocycles. The van der Waals surface area contributed by atoms with Gasteiger partial charge in [-0.25, -0.2) is 16.8 Å². The number of carbonyl (C=O) groups is 1. The molecule has 1 amide bonds. The summed E-state index contributed by atoms with van der Waals surface area (Å²) in [7, 11) is -6.60. The highest BCUT2D eigenvalue weighted by Crippen LogP contribution is 2.37. The van der Waals surface area contributed by atoms with Gasteiger partial charge in [0.1, 0.15) is 10.6 Å². The Bertz CT molecular complexity index is 1970. The standard InChI is InChI=1S/C33H34N4O6S2/c1-23-20-24-10-3-5-14-29(24)37(23)45(41,42)27-12-9-11-25(21-27)33(38)34-26-16-17-30(36-18-7-8-19-36)32(22-26)44(39,40)35-28-13-4-6-15-31(28)43-2/h3-6,9-17,21-23,35H,7-8,18-20H2,1-2H3,(H,34,38)/t23-/m1/s1. The van der Waals surface area contributed by atoms with Crippen molar-refractivity contribution in [2.45, 2.75) is 42.0 Å². The molecule has 0 bridgehead atoms. The van der Waals surface area contributed by atoms with Crippen LogP contribution in [0.3, 0.4) is 0 Å². The van der Waals surface area contributed by atoms with Gasteiger partial charge in [-0.05, 0) is 86.3 Å². The molecule has 12 heteroatoms. The monoisotopic (exact) mass is 646 g/mol. The molecule has 2 aliphatic rings. The van der Waals surface area contributed by atoms with Gasteiger partial charge in [-0.2, -0.15) is 0 Å². The minimum atomic E-state index is -4.11. The number of benzene rings is 4. The zero-order valence-corrected chi connectivity index (χ0v) is 26.6. The second-order valence-corrected chi connectivity index (χ2v) is 14.6. The molecule has 4 aromatic carbocycles. The maximum atomic E-state index is 13.8. The van der Waals surface area contributed by atoms with E-state index < -0.39 is 26.0 Å². The van der Waals surface area contributed by atoms with Crippen molar-refractivity contribution >= 4 is 48.7 Å². The Morgan fingerprint density at radius 1 is 0.844 bits per heavy atom. The third-order valence-electron chi connectivity index (χ3n) is 8.10. The summed E-state index contributed by atoms with van der Waals surface area (Å²) in [6.07, 6.45) is 2.48. The van der Waals surface area contributed by atoms with Gasteiger partial charge in [-0.15, -0.1) is 0 Å². The van der Waals surface area contributed by atoms with Crippen molar-refractivity contribution in [2.75, 3.05) is 39.4 Å². The average Bonchev–Trinajstić information content (AvgIpc) is 3.69. The smallest absolute Gasteiger partial charge is 0.264 e. The van der Waals surface area contributed by atoms with Gasteiger partial charge in [0.05, 0.1) is 29.1 Å². The Morgan fingerprint density at radius 2 is 1.58 bits per heavy atom. The molecule has 2 N–H and O–H groups in total. The Kier molecular flexibility index (Phi) is 8.19. The maximum Gasteiger partial charge on any atom is 0.264 e. The summed E-state index contributed by atoms with van der Waals surface area (Å²) in [5, 5.41) is 2.76. The molecule has 1 fully saturated rings. The summed E-state index contributed by atoms with van der Waals surface area (Å²) in [5.74, 6) is -0.202. The second-order valence-electron chi connectivity index (χ2n) is 11.1. The van der Waals surface area contributed by atoms with Crippen LogP contribution in [-0.2, 0) is 26.5 Å². The van der Waals surface area contributed by atoms with Crippen LogP contribution in [0.2, 0.25) is 0 Å². The number of rotatable bonds is 9. The highest BCUT2D eigenvalue weighted by Gasteiger charge is 2.36. The van der Waals surface area contributed by atoms with Crippen LogP contribution in [0.15, 0.2) is 101 Å². The summed E-state index contributed by atoms with van der Waals surface area (Å²) in [4.78, 5) is 15.4. The lowest BCUT2D eigenvalue weighted by Gasteiger charge is -2.24. The maximum absolute atomic E-state index is 13.8. The molecule has 0 radical (unpaired) electrons. The van der Waals surface area contributed by atoms with Crippen LogP contribution in [0.4, 0.5) is 22.7 Å². The zero-order chi connectivity index (χ0) is 31.8. The summed E-state index contributed by atoms with van der Waals surface area (Å²) >= 11 is 0. The Balaban J connectivity index is 1.30. The molecular weight excluding hydrogens is 613 g/mol. The fourth-order valence-corrected chi connectivity index (χ4v) is 9.03. The molecule has 0 unspecified atom stereocenters. The second kappa shape index (κ2) is 12.1. The van der Waals surface area contributed by atoms with E-state index in [-0.39, 0.29) is 32.8 Å². The van der Waals surface area contributed by atoms with E-state index in [1.54, 1.807) is 48.5 Å². The van der Waals surface area contributed by atoms with Crippen molar-refractivity contribution in [2.24, 2.45) is 0 Å². The normalized spacial score (nSPS) is 16.4. The number of methoxy groups -OCH3 is 1. The molecule has 10 nitrogen and oxygen atoms in total. The van der Waals surface area contributed by atoms with Gasteiger partial charge in [-0.1, -0.05) is 36.4 Å². The largest absolute Gasteiger partial charge is 0.495 e. The number of anilines is 4. The summed E-state index contributed by atoms with van der Waals surface area (Å²) in [6, 6.07) is 24.5. The predicted molar refractivity (Wildman–Crippen MR) is 175 cm³/mol. The van der Waals surface area contributed by atoms with Crippen LogP contribution in [-0.4, -0.2) is 49.0 Å². The highest BCUT2D eigenvalue weighted by molar-refractivity contribution is 7.93. The first-order valence-corrected chi connectivity index (χ1v) is 17.6. The molecule has 2 heterocycles. The number of fused-ring (bicyclic) bond motifs is 1. The Hall–Kier alpha value is -4.55. The van der Waals surface area contributed by atoms with Gasteiger partial charge in [0, 0.05) is 30.4 Å². The van der Waals surface area contributed by atoms with E-state index in [9.17, 15) is 21.6 Å². The first-order chi connectivity index (χ1) is 21.6. The molecule has 0 spiro atoms. The van der Waals surface area contributed by atoms with Gasteiger partial charge in [0.2, 0.25) is 0 Å². The molecular formula is C33H34N4O6S2. The van der Waals surface area contributed by atoms with Gasteiger partial charge in [-0.3, -0.25) is 13.8 Å². The van der Waals surface area contributed by atoms with Crippen LogP contribution in [0.25, 0.3) is 0 Å². The van der Waals surface area contributed by atoms with Crippen molar-refractivity contribution in [3.8, 4) is 5.75 Å². The molecule has 1 atom stereocenters. The van der Waals surface area contributed by atoms with Gasteiger partial charge in [0.15, 0.2) is 0 Å². The van der Waals surface area contributed by atoms with Gasteiger partial charge >= 0.3 is 0 Å². The van der Waals surface area contributed by atoms with Crippen molar-refractivity contribution in [1.29, 1.82) is 0 Å². The third-order valence-corrected chi connectivity index (χ3v) is 11.4. The lowest BCUT2D eigenvalue weighted by molar-refractivity contribution is 0.102. The zero-order valence-electron chi connectivity index (χ0n) is 24.9. The predicted octanol–water partition coefficient (Wildman–Crippen LogP) is 5.49.